The lowest BCUT2D eigenvalue weighted by atomic mass is 10.0. The zero-order valence-corrected chi connectivity index (χ0v) is 13.1. The number of carboxylic acid groups (broad SMARTS) is 1. The highest BCUT2D eigenvalue weighted by atomic mass is 79.9. The van der Waals surface area contributed by atoms with Crippen molar-refractivity contribution in [1.29, 1.82) is 0 Å². The van der Waals surface area contributed by atoms with Gasteiger partial charge in [-0.15, -0.1) is 0 Å². The maximum Gasteiger partial charge on any atom is 0.323 e. The number of halogens is 1. The second kappa shape index (κ2) is 5.74. The number of carbonyl (C=O) groups excluding carboxylic acids is 1. The van der Waals surface area contributed by atoms with E-state index in [2.05, 4.69) is 15.9 Å². The lowest BCUT2D eigenvalue weighted by molar-refractivity contribution is -0.138. The SMILES string of the molecule is Cc1ccc(Br)cc1C(=O)N(CC(=O)O)C(C)(C)C. The minimum Gasteiger partial charge on any atom is -0.480 e. The number of hydrogen-bond donors (Lipinski definition) is 1. The molecule has 0 aliphatic rings. The summed E-state index contributed by atoms with van der Waals surface area (Å²) in [5, 5.41) is 8.96. The summed E-state index contributed by atoms with van der Waals surface area (Å²) in [7, 11) is 0. The molecule has 0 unspecified atom stereocenters. The Morgan fingerprint density at radius 2 is 1.89 bits per heavy atom. The molecule has 0 fully saturated rings. The first-order valence-corrected chi connectivity index (χ1v) is 6.72. The van der Waals surface area contributed by atoms with Crippen LogP contribution in [0.4, 0.5) is 0 Å². The normalized spacial score (nSPS) is 11.2. The molecule has 0 aliphatic carbocycles. The van der Waals surface area contributed by atoms with E-state index < -0.39 is 11.5 Å². The van der Waals surface area contributed by atoms with Gasteiger partial charge in [0.15, 0.2) is 0 Å². The molecule has 0 atom stereocenters. The number of carbonyl (C=O) groups is 2. The second-order valence-corrected chi connectivity index (χ2v) is 6.33. The number of rotatable bonds is 3. The standard InChI is InChI=1S/C14H18BrNO3/c1-9-5-6-10(15)7-11(9)13(19)16(8-12(17)18)14(2,3)4/h5-7H,8H2,1-4H3,(H,17,18). The fraction of sp³-hybridized carbons (Fsp3) is 0.429. The molecule has 0 aliphatic heterocycles. The number of aryl methyl sites for hydroxylation is 1. The number of aliphatic carboxylic acids is 1. The molecule has 1 aromatic rings. The Balaban J connectivity index is 3.19. The highest BCUT2D eigenvalue weighted by molar-refractivity contribution is 9.10. The van der Waals surface area contributed by atoms with Crippen molar-refractivity contribution in [2.45, 2.75) is 33.2 Å². The van der Waals surface area contributed by atoms with Crippen molar-refractivity contribution in [3.8, 4) is 0 Å². The summed E-state index contributed by atoms with van der Waals surface area (Å²) in [4.78, 5) is 24.8. The molecule has 1 rings (SSSR count). The Bertz CT molecular complexity index is 506. The molecule has 0 heterocycles. The molecule has 1 amide bonds. The summed E-state index contributed by atoms with van der Waals surface area (Å²) in [6, 6.07) is 5.40. The van der Waals surface area contributed by atoms with Crippen molar-refractivity contribution in [3.63, 3.8) is 0 Å². The first-order valence-electron chi connectivity index (χ1n) is 5.93. The van der Waals surface area contributed by atoms with Gasteiger partial charge in [-0.05, 0) is 45.4 Å². The van der Waals surface area contributed by atoms with Crippen LogP contribution in [0.25, 0.3) is 0 Å². The largest absolute Gasteiger partial charge is 0.480 e. The average molecular weight is 328 g/mol. The van der Waals surface area contributed by atoms with Crippen LogP contribution in [0.2, 0.25) is 0 Å². The number of benzene rings is 1. The van der Waals surface area contributed by atoms with E-state index in [-0.39, 0.29) is 12.5 Å². The molecule has 4 nitrogen and oxygen atoms in total. The van der Waals surface area contributed by atoms with E-state index in [0.717, 1.165) is 10.0 Å². The third-order valence-electron chi connectivity index (χ3n) is 2.78. The molecule has 19 heavy (non-hydrogen) atoms. The number of carboxylic acids is 1. The van der Waals surface area contributed by atoms with Gasteiger partial charge in [-0.3, -0.25) is 9.59 Å². The lowest BCUT2D eigenvalue weighted by Crippen LogP contribution is -2.48. The molecule has 0 saturated carbocycles. The zero-order chi connectivity index (χ0) is 14.8. The molecule has 0 aromatic heterocycles. The van der Waals surface area contributed by atoms with Crippen LogP contribution in [0.3, 0.4) is 0 Å². The molecule has 0 radical (unpaired) electrons. The first kappa shape index (κ1) is 15.7. The van der Waals surface area contributed by atoms with Crippen LogP contribution >= 0.6 is 15.9 Å². The van der Waals surface area contributed by atoms with Gasteiger partial charge < -0.3 is 10.0 Å². The Morgan fingerprint density at radius 3 is 2.37 bits per heavy atom. The molecule has 0 saturated heterocycles. The zero-order valence-electron chi connectivity index (χ0n) is 11.5. The summed E-state index contributed by atoms with van der Waals surface area (Å²) in [5.41, 5.74) is 0.794. The molecular formula is C14H18BrNO3. The average Bonchev–Trinajstić information content (AvgIpc) is 2.26. The van der Waals surface area contributed by atoms with Gasteiger partial charge in [-0.1, -0.05) is 22.0 Å². The molecule has 0 spiro atoms. The van der Waals surface area contributed by atoms with Crippen LogP contribution in [-0.2, 0) is 4.79 Å². The van der Waals surface area contributed by atoms with Gasteiger partial charge in [0.1, 0.15) is 6.54 Å². The molecule has 0 bridgehead atoms. The summed E-state index contributed by atoms with van der Waals surface area (Å²) in [5.74, 6) is -1.29. The smallest absolute Gasteiger partial charge is 0.323 e. The van der Waals surface area contributed by atoms with Crippen molar-refractivity contribution < 1.29 is 14.7 Å². The van der Waals surface area contributed by atoms with Crippen LogP contribution in [0.5, 0.6) is 0 Å². The lowest BCUT2D eigenvalue weighted by Gasteiger charge is -2.34. The van der Waals surface area contributed by atoms with Gasteiger partial charge in [0.05, 0.1) is 0 Å². The topological polar surface area (TPSA) is 57.6 Å². The Kier molecular flexibility index (Phi) is 4.74. The second-order valence-electron chi connectivity index (χ2n) is 5.42. The van der Waals surface area contributed by atoms with Crippen molar-refractivity contribution in [2.24, 2.45) is 0 Å². The minimum absolute atomic E-state index is 0.270. The van der Waals surface area contributed by atoms with E-state index in [4.69, 9.17) is 5.11 Å². The van der Waals surface area contributed by atoms with E-state index >= 15 is 0 Å². The first-order chi connectivity index (χ1) is 8.62. The van der Waals surface area contributed by atoms with Crippen LogP contribution in [0.1, 0.15) is 36.7 Å². The van der Waals surface area contributed by atoms with Gasteiger partial charge in [0.25, 0.3) is 5.91 Å². The fourth-order valence-corrected chi connectivity index (χ4v) is 2.08. The number of nitrogens with zero attached hydrogens (tertiary/aromatic N) is 1. The van der Waals surface area contributed by atoms with Gasteiger partial charge >= 0.3 is 5.97 Å². The summed E-state index contributed by atoms with van der Waals surface area (Å²) in [6.07, 6.45) is 0. The number of amides is 1. The third-order valence-corrected chi connectivity index (χ3v) is 3.27. The van der Waals surface area contributed by atoms with E-state index in [1.165, 1.54) is 4.90 Å². The fourth-order valence-electron chi connectivity index (χ4n) is 1.72. The predicted molar refractivity (Wildman–Crippen MR) is 77.3 cm³/mol. The van der Waals surface area contributed by atoms with E-state index in [1.807, 2.05) is 39.8 Å². The minimum atomic E-state index is -1.02. The quantitative estimate of drug-likeness (QED) is 0.928. The van der Waals surface area contributed by atoms with Crippen LogP contribution in [0.15, 0.2) is 22.7 Å². The molecule has 1 aromatic carbocycles. The Labute approximate surface area is 121 Å². The number of hydrogen-bond acceptors (Lipinski definition) is 2. The molecule has 1 N–H and O–H groups in total. The van der Waals surface area contributed by atoms with Crippen molar-refractivity contribution >= 4 is 27.8 Å². The van der Waals surface area contributed by atoms with Crippen LogP contribution in [0, 0.1) is 6.92 Å². The van der Waals surface area contributed by atoms with Crippen LogP contribution < -0.4 is 0 Å². The van der Waals surface area contributed by atoms with Crippen LogP contribution in [-0.4, -0.2) is 34.0 Å². The molecular weight excluding hydrogens is 310 g/mol. The van der Waals surface area contributed by atoms with Gasteiger partial charge in [0, 0.05) is 15.6 Å². The maximum absolute atomic E-state index is 12.5. The maximum atomic E-state index is 12.5. The molecule has 104 valence electrons. The summed E-state index contributed by atoms with van der Waals surface area (Å²) in [6.45, 7) is 6.99. The van der Waals surface area contributed by atoms with E-state index in [0.29, 0.717) is 5.56 Å². The Hall–Kier alpha value is -1.36. The van der Waals surface area contributed by atoms with Crippen molar-refractivity contribution in [2.75, 3.05) is 6.54 Å². The van der Waals surface area contributed by atoms with Crippen molar-refractivity contribution in [3.05, 3.63) is 33.8 Å². The van der Waals surface area contributed by atoms with Gasteiger partial charge in [0.2, 0.25) is 0 Å². The molecule has 5 heteroatoms. The Morgan fingerprint density at radius 1 is 1.32 bits per heavy atom. The van der Waals surface area contributed by atoms with E-state index in [1.54, 1.807) is 6.07 Å². The summed E-state index contributed by atoms with van der Waals surface area (Å²) < 4.78 is 0.797. The van der Waals surface area contributed by atoms with E-state index in [9.17, 15) is 9.59 Å². The van der Waals surface area contributed by atoms with Gasteiger partial charge in [-0.2, -0.15) is 0 Å². The van der Waals surface area contributed by atoms with Crippen molar-refractivity contribution in [1.82, 2.24) is 4.90 Å². The third kappa shape index (κ3) is 4.06. The van der Waals surface area contributed by atoms with Gasteiger partial charge in [-0.25, -0.2) is 0 Å². The highest BCUT2D eigenvalue weighted by Gasteiger charge is 2.29. The monoisotopic (exact) mass is 327 g/mol. The predicted octanol–water partition coefficient (Wildman–Crippen LogP) is 3.08. The summed E-state index contributed by atoms with van der Waals surface area (Å²) >= 11 is 3.33. The highest BCUT2D eigenvalue weighted by Crippen LogP contribution is 2.22.